The number of carbonyl (C=O) groups excluding carboxylic acids is 1. The first-order valence-electron chi connectivity index (χ1n) is 6.24. The zero-order valence-corrected chi connectivity index (χ0v) is 13.0. The van der Waals surface area contributed by atoms with Crippen molar-refractivity contribution in [3.8, 4) is 6.07 Å². The topological polar surface area (TPSA) is 44.1 Å². The van der Waals surface area contributed by atoms with Gasteiger partial charge in [-0.2, -0.15) is 5.26 Å². The van der Waals surface area contributed by atoms with E-state index < -0.39 is 0 Å². The second-order valence-corrected chi connectivity index (χ2v) is 5.56. The van der Waals surface area contributed by atoms with Gasteiger partial charge in [-0.1, -0.05) is 23.7 Å². The molecule has 0 aliphatic carbocycles. The molecule has 2 aromatic carbocycles. The minimum absolute atomic E-state index is 0.182. The molecule has 21 heavy (non-hydrogen) atoms. The minimum Gasteiger partial charge on any atom is -0.337 e. The second-order valence-electron chi connectivity index (χ2n) is 4.64. The van der Waals surface area contributed by atoms with E-state index in [4.69, 9.17) is 16.9 Å². The lowest BCUT2D eigenvalue weighted by molar-refractivity contribution is 0.0785. The molecule has 0 aromatic heterocycles. The lowest BCUT2D eigenvalue weighted by Crippen LogP contribution is -2.26. The maximum atomic E-state index is 12.4. The fourth-order valence-electron chi connectivity index (χ4n) is 1.97. The van der Waals surface area contributed by atoms with Crippen molar-refractivity contribution < 1.29 is 4.79 Å². The van der Waals surface area contributed by atoms with Gasteiger partial charge >= 0.3 is 0 Å². The molecular formula is C16H13ClN2OS. The van der Waals surface area contributed by atoms with Gasteiger partial charge in [0, 0.05) is 18.5 Å². The smallest absolute Gasteiger partial charge is 0.255 e. The molecular weight excluding hydrogens is 304 g/mol. The molecule has 0 heterocycles. The summed E-state index contributed by atoms with van der Waals surface area (Å²) in [4.78, 5) is 14.7. The molecule has 0 aliphatic rings. The fraction of sp³-hybridized carbons (Fsp3) is 0.125. The normalized spacial score (nSPS) is 10.0. The molecule has 0 spiro atoms. The third-order valence-corrected chi connectivity index (χ3v) is 3.61. The first-order valence-corrected chi connectivity index (χ1v) is 7.07. The summed E-state index contributed by atoms with van der Waals surface area (Å²) in [7, 11) is 1.70. The van der Waals surface area contributed by atoms with Crippen LogP contribution in [0.1, 0.15) is 21.5 Å². The summed E-state index contributed by atoms with van der Waals surface area (Å²) in [5, 5.41) is 9.29. The molecule has 0 N–H and O–H groups in total. The molecule has 2 rings (SSSR count). The number of halogens is 1. The van der Waals surface area contributed by atoms with Gasteiger partial charge in [0.15, 0.2) is 0 Å². The highest BCUT2D eigenvalue weighted by Gasteiger charge is 2.15. The van der Waals surface area contributed by atoms with Crippen molar-refractivity contribution in [3.05, 3.63) is 64.2 Å². The van der Waals surface area contributed by atoms with Crippen LogP contribution in [0.5, 0.6) is 0 Å². The number of nitrogens with zero attached hydrogens (tertiary/aromatic N) is 2. The quantitative estimate of drug-likeness (QED) is 0.876. The Morgan fingerprint density at radius 1 is 1.33 bits per heavy atom. The van der Waals surface area contributed by atoms with E-state index in [2.05, 4.69) is 18.7 Å². The molecule has 0 bridgehead atoms. The van der Waals surface area contributed by atoms with E-state index in [1.54, 1.807) is 48.3 Å². The summed E-state index contributed by atoms with van der Waals surface area (Å²) >= 11 is 10.3. The monoisotopic (exact) mass is 316 g/mol. The highest BCUT2D eigenvalue weighted by Crippen LogP contribution is 2.21. The average molecular weight is 317 g/mol. The first kappa shape index (κ1) is 15.4. The number of thiol groups is 1. The van der Waals surface area contributed by atoms with Crippen molar-refractivity contribution >= 4 is 30.1 Å². The van der Waals surface area contributed by atoms with Crippen molar-refractivity contribution in [2.24, 2.45) is 0 Å². The van der Waals surface area contributed by atoms with E-state index in [0.717, 1.165) is 5.56 Å². The van der Waals surface area contributed by atoms with E-state index in [9.17, 15) is 4.79 Å². The van der Waals surface area contributed by atoms with E-state index >= 15 is 0 Å². The first-order chi connectivity index (χ1) is 10.0. The standard InChI is InChI=1S/C16H13ClN2OS/c1-19(10-12-4-2-3-11(7-12)9-18)16(20)14-8-13(21)5-6-15(14)17/h2-8,21H,10H2,1H3. The molecule has 5 heteroatoms. The van der Waals surface area contributed by atoms with Crippen LogP contribution >= 0.6 is 24.2 Å². The van der Waals surface area contributed by atoms with Crippen molar-refractivity contribution in [1.82, 2.24) is 4.90 Å². The van der Waals surface area contributed by atoms with E-state index in [0.29, 0.717) is 27.6 Å². The van der Waals surface area contributed by atoms with Crippen molar-refractivity contribution in [3.63, 3.8) is 0 Å². The Balaban J connectivity index is 2.19. The molecule has 0 fully saturated rings. The number of carbonyl (C=O) groups is 1. The Kier molecular flexibility index (Phi) is 4.89. The van der Waals surface area contributed by atoms with Gasteiger partial charge in [0.05, 0.1) is 22.2 Å². The number of amides is 1. The van der Waals surface area contributed by atoms with E-state index in [1.807, 2.05) is 6.07 Å². The molecule has 0 atom stereocenters. The summed E-state index contributed by atoms with van der Waals surface area (Å²) in [6.07, 6.45) is 0. The molecule has 0 saturated carbocycles. The molecule has 2 aromatic rings. The summed E-state index contributed by atoms with van der Waals surface area (Å²) in [5.41, 5.74) is 1.88. The summed E-state index contributed by atoms with van der Waals surface area (Å²) < 4.78 is 0. The zero-order chi connectivity index (χ0) is 15.4. The number of hydrogen-bond donors (Lipinski definition) is 1. The van der Waals surface area contributed by atoms with Crippen LogP contribution in [0, 0.1) is 11.3 Å². The average Bonchev–Trinajstić information content (AvgIpc) is 2.49. The van der Waals surface area contributed by atoms with Crippen molar-refractivity contribution in [2.45, 2.75) is 11.4 Å². The highest BCUT2D eigenvalue weighted by atomic mass is 35.5. The number of nitriles is 1. The summed E-state index contributed by atoms with van der Waals surface area (Å²) in [5.74, 6) is -0.182. The lowest BCUT2D eigenvalue weighted by Gasteiger charge is -2.18. The van der Waals surface area contributed by atoms with Crippen LogP contribution in [0.3, 0.4) is 0 Å². The van der Waals surface area contributed by atoms with Crippen LogP contribution in [-0.4, -0.2) is 17.9 Å². The SMILES string of the molecule is CN(Cc1cccc(C#N)c1)C(=O)c1cc(S)ccc1Cl. The Morgan fingerprint density at radius 2 is 2.10 bits per heavy atom. The number of benzene rings is 2. The molecule has 1 amide bonds. The van der Waals surface area contributed by atoms with Crippen LogP contribution in [0.15, 0.2) is 47.4 Å². The fourth-order valence-corrected chi connectivity index (χ4v) is 2.37. The Hall–Kier alpha value is -1.96. The molecule has 0 saturated heterocycles. The van der Waals surface area contributed by atoms with Gasteiger partial charge in [-0.15, -0.1) is 12.6 Å². The second kappa shape index (κ2) is 6.66. The van der Waals surface area contributed by atoms with Gasteiger partial charge in [0.2, 0.25) is 0 Å². The maximum absolute atomic E-state index is 12.4. The van der Waals surface area contributed by atoms with Gasteiger partial charge in [-0.3, -0.25) is 4.79 Å². The highest BCUT2D eigenvalue weighted by molar-refractivity contribution is 7.80. The predicted molar refractivity (Wildman–Crippen MR) is 85.7 cm³/mol. The van der Waals surface area contributed by atoms with Crippen molar-refractivity contribution in [1.29, 1.82) is 5.26 Å². The number of rotatable bonds is 3. The van der Waals surface area contributed by atoms with Crippen LogP contribution in [0.2, 0.25) is 5.02 Å². The minimum atomic E-state index is -0.182. The molecule has 0 radical (unpaired) electrons. The predicted octanol–water partition coefficient (Wildman–Crippen LogP) is 3.77. The van der Waals surface area contributed by atoms with Crippen LogP contribution in [-0.2, 0) is 6.54 Å². The largest absolute Gasteiger partial charge is 0.337 e. The Morgan fingerprint density at radius 3 is 2.81 bits per heavy atom. The van der Waals surface area contributed by atoms with Gasteiger partial charge in [0.1, 0.15) is 0 Å². The van der Waals surface area contributed by atoms with E-state index in [1.165, 1.54) is 0 Å². The third-order valence-electron chi connectivity index (χ3n) is 3.00. The molecule has 0 unspecified atom stereocenters. The van der Waals surface area contributed by atoms with Gasteiger partial charge in [-0.05, 0) is 35.9 Å². The molecule has 3 nitrogen and oxygen atoms in total. The van der Waals surface area contributed by atoms with Gasteiger partial charge in [0.25, 0.3) is 5.91 Å². The van der Waals surface area contributed by atoms with E-state index in [-0.39, 0.29) is 5.91 Å². The Bertz CT molecular complexity index is 724. The molecule has 0 aliphatic heterocycles. The van der Waals surface area contributed by atoms with Crippen LogP contribution in [0.25, 0.3) is 0 Å². The Labute approximate surface area is 134 Å². The van der Waals surface area contributed by atoms with Crippen molar-refractivity contribution in [2.75, 3.05) is 7.05 Å². The zero-order valence-electron chi connectivity index (χ0n) is 11.4. The van der Waals surface area contributed by atoms with Gasteiger partial charge in [-0.25, -0.2) is 0 Å². The summed E-state index contributed by atoms with van der Waals surface area (Å²) in [6.45, 7) is 0.404. The van der Waals surface area contributed by atoms with Crippen LogP contribution in [0.4, 0.5) is 0 Å². The third kappa shape index (κ3) is 3.78. The van der Waals surface area contributed by atoms with Gasteiger partial charge < -0.3 is 4.90 Å². The maximum Gasteiger partial charge on any atom is 0.255 e. The molecule has 106 valence electrons. The van der Waals surface area contributed by atoms with Crippen LogP contribution < -0.4 is 0 Å². The summed E-state index contributed by atoms with van der Waals surface area (Å²) in [6, 6.07) is 14.3. The lowest BCUT2D eigenvalue weighted by atomic mass is 10.1. The number of hydrogen-bond acceptors (Lipinski definition) is 3.